The summed E-state index contributed by atoms with van der Waals surface area (Å²) < 4.78 is 12.0. The largest absolute Gasteiger partial charge is 0.462 e. The number of esters is 2. The average Bonchev–Trinajstić information content (AvgIpc) is 3.08. The van der Waals surface area contributed by atoms with Gasteiger partial charge in [0.15, 0.2) is 0 Å². The maximum Gasteiger partial charge on any atom is 0.346 e. The van der Waals surface area contributed by atoms with Crippen molar-refractivity contribution in [1.82, 2.24) is 0 Å². The predicted molar refractivity (Wildman–Crippen MR) is 86.8 cm³/mol. The van der Waals surface area contributed by atoms with E-state index in [2.05, 4.69) is 0 Å². The Morgan fingerprint density at radius 1 is 0.900 bits per heavy atom. The number of carbonyl (C=O) groups excluding carboxylic acids is 2. The highest BCUT2D eigenvalue weighted by molar-refractivity contribution is 8.34. The van der Waals surface area contributed by atoms with E-state index in [0.717, 1.165) is 8.47 Å². The van der Waals surface area contributed by atoms with Crippen molar-refractivity contribution in [2.45, 2.75) is 13.8 Å². The van der Waals surface area contributed by atoms with Crippen LogP contribution in [0.5, 0.6) is 0 Å². The number of rotatable bonds is 4. The van der Waals surface area contributed by atoms with Crippen LogP contribution in [0.1, 0.15) is 13.8 Å². The Labute approximate surface area is 134 Å². The molecule has 108 valence electrons. The van der Waals surface area contributed by atoms with Gasteiger partial charge in [-0.3, -0.25) is 0 Å². The Morgan fingerprint density at radius 2 is 1.35 bits per heavy atom. The Balaban J connectivity index is 2.24. The van der Waals surface area contributed by atoms with Gasteiger partial charge >= 0.3 is 11.9 Å². The molecule has 0 aliphatic carbocycles. The Bertz CT molecular complexity index is 480. The molecule has 0 aromatic carbocycles. The summed E-state index contributed by atoms with van der Waals surface area (Å²) >= 11 is 5.73. The molecule has 0 aromatic rings. The molecule has 8 heteroatoms. The Hall–Kier alpha value is -0.440. The van der Waals surface area contributed by atoms with Crippen molar-refractivity contribution in [2.75, 3.05) is 13.2 Å². The van der Waals surface area contributed by atoms with Crippen molar-refractivity contribution in [3.63, 3.8) is 0 Å². The number of carbonyl (C=O) groups is 2. The van der Waals surface area contributed by atoms with Gasteiger partial charge in [-0.1, -0.05) is 47.0 Å². The summed E-state index contributed by atoms with van der Waals surface area (Å²) in [6.45, 7) is 4.03. The lowest BCUT2D eigenvalue weighted by atomic mass is 10.5. The van der Waals surface area contributed by atoms with Gasteiger partial charge in [0.05, 0.1) is 21.7 Å². The minimum atomic E-state index is -0.468. The second-order valence-electron chi connectivity index (χ2n) is 3.39. The van der Waals surface area contributed by atoms with Gasteiger partial charge in [0.1, 0.15) is 9.81 Å². The molecule has 20 heavy (non-hydrogen) atoms. The zero-order valence-corrected chi connectivity index (χ0v) is 14.1. The molecule has 0 N–H and O–H groups in total. The van der Waals surface area contributed by atoms with Crippen molar-refractivity contribution < 1.29 is 19.1 Å². The second kappa shape index (κ2) is 7.53. The number of hydrogen-bond donors (Lipinski definition) is 0. The van der Waals surface area contributed by atoms with Gasteiger partial charge in [-0.15, -0.1) is 0 Å². The zero-order valence-electron chi connectivity index (χ0n) is 10.8. The first-order valence-electron chi connectivity index (χ1n) is 5.84. The lowest BCUT2D eigenvalue weighted by molar-refractivity contribution is -0.140. The third-order valence-electron chi connectivity index (χ3n) is 2.09. The number of ether oxygens (including phenoxy) is 2. The molecular weight excluding hydrogens is 336 g/mol. The summed E-state index contributed by atoms with van der Waals surface area (Å²) in [4.78, 5) is 24.6. The molecule has 0 bridgehead atoms. The van der Waals surface area contributed by atoms with Crippen molar-refractivity contribution in [1.29, 1.82) is 0 Å². The minimum absolute atomic E-state index is 0.278. The average molecular weight is 348 g/mol. The monoisotopic (exact) mass is 348 g/mol. The van der Waals surface area contributed by atoms with Crippen LogP contribution in [0, 0.1) is 0 Å². The SMILES string of the molecule is CCOC(=O)C1=C(C(=O)OCC)SC(=C2SC=CS2)S1. The van der Waals surface area contributed by atoms with Gasteiger partial charge < -0.3 is 9.47 Å². The van der Waals surface area contributed by atoms with E-state index in [1.807, 2.05) is 10.8 Å². The van der Waals surface area contributed by atoms with Crippen LogP contribution in [0.15, 0.2) is 29.1 Å². The van der Waals surface area contributed by atoms with Crippen LogP contribution in [-0.4, -0.2) is 25.2 Å². The van der Waals surface area contributed by atoms with Gasteiger partial charge in [-0.05, 0) is 24.7 Å². The predicted octanol–water partition coefficient (Wildman–Crippen LogP) is 3.88. The van der Waals surface area contributed by atoms with Gasteiger partial charge in [0, 0.05) is 0 Å². The van der Waals surface area contributed by atoms with Crippen LogP contribution >= 0.6 is 47.0 Å². The maximum absolute atomic E-state index is 12.0. The molecule has 0 unspecified atom stereocenters. The topological polar surface area (TPSA) is 52.6 Å². The molecule has 0 atom stereocenters. The highest BCUT2D eigenvalue weighted by Gasteiger charge is 2.34. The van der Waals surface area contributed by atoms with Gasteiger partial charge in [0.2, 0.25) is 0 Å². The molecule has 0 saturated carbocycles. The minimum Gasteiger partial charge on any atom is -0.462 e. The van der Waals surface area contributed by atoms with Crippen LogP contribution < -0.4 is 0 Å². The summed E-state index contributed by atoms with van der Waals surface area (Å²) in [7, 11) is 0. The third-order valence-corrected chi connectivity index (χ3v) is 7.30. The molecule has 0 aromatic heterocycles. The first-order chi connectivity index (χ1) is 9.67. The van der Waals surface area contributed by atoms with Crippen molar-refractivity contribution in [3.05, 3.63) is 29.1 Å². The molecule has 0 amide bonds. The van der Waals surface area contributed by atoms with Crippen LogP contribution in [0.3, 0.4) is 0 Å². The van der Waals surface area contributed by atoms with Gasteiger partial charge in [0.25, 0.3) is 0 Å². The highest BCUT2D eigenvalue weighted by Crippen LogP contribution is 2.56. The third kappa shape index (κ3) is 3.60. The van der Waals surface area contributed by atoms with E-state index in [1.165, 1.54) is 23.5 Å². The molecule has 2 rings (SSSR count). The van der Waals surface area contributed by atoms with Crippen LogP contribution in [0.4, 0.5) is 0 Å². The molecule has 4 nitrogen and oxygen atoms in total. The lowest BCUT2D eigenvalue weighted by Gasteiger charge is -2.04. The highest BCUT2D eigenvalue weighted by atomic mass is 32.2. The maximum atomic E-state index is 12.0. The van der Waals surface area contributed by atoms with Gasteiger partial charge in [-0.25, -0.2) is 9.59 Å². The van der Waals surface area contributed by atoms with Crippen LogP contribution in [-0.2, 0) is 19.1 Å². The van der Waals surface area contributed by atoms with E-state index in [-0.39, 0.29) is 13.2 Å². The van der Waals surface area contributed by atoms with Gasteiger partial charge in [-0.2, -0.15) is 0 Å². The smallest absolute Gasteiger partial charge is 0.346 e. The molecule has 0 saturated heterocycles. The molecule has 0 spiro atoms. The summed E-state index contributed by atoms with van der Waals surface area (Å²) in [5, 5.41) is 3.95. The first kappa shape index (κ1) is 15.9. The quantitative estimate of drug-likeness (QED) is 0.710. The van der Waals surface area contributed by atoms with E-state index >= 15 is 0 Å². The summed E-state index contributed by atoms with van der Waals surface area (Å²) in [5.41, 5.74) is 0. The van der Waals surface area contributed by atoms with Crippen LogP contribution in [0.25, 0.3) is 0 Å². The Morgan fingerprint density at radius 3 is 1.75 bits per heavy atom. The normalized spacial score (nSPS) is 17.9. The lowest BCUT2D eigenvalue weighted by Crippen LogP contribution is -2.11. The first-order valence-corrected chi connectivity index (χ1v) is 9.23. The standard InChI is InChI=1S/C12H12O4S4/c1-3-15-9(13)7-8(10(14)16-4-2)20-12(19-7)11-17-5-6-18-11/h5-6H,3-4H2,1-2H3. The summed E-state index contributed by atoms with van der Waals surface area (Å²) in [6, 6.07) is 0. The zero-order chi connectivity index (χ0) is 14.5. The fourth-order valence-corrected chi connectivity index (χ4v) is 5.96. The number of hydrogen-bond acceptors (Lipinski definition) is 8. The fourth-order valence-electron chi connectivity index (χ4n) is 1.35. The van der Waals surface area contributed by atoms with E-state index in [4.69, 9.17) is 9.47 Å². The molecular formula is C12H12O4S4. The van der Waals surface area contributed by atoms with E-state index in [9.17, 15) is 9.59 Å². The second-order valence-corrected chi connectivity index (χ2v) is 7.78. The summed E-state index contributed by atoms with van der Waals surface area (Å²) in [5.74, 6) is -0.936. The van der Waals surface area contributed by atoms with E-state index in [0.29, 0.717) is 9.81 Å². The van der Waals surface area contributed by atoms with E-state index < -0.39 is 11.9 Å². The molecule has 0 radical (unpaired) electrons. The summed E-state index contributed by atoms with van der Waals surface area (Å²) in [6.07, 6.45) is 0. The molecule has 2 heterocycles. The Kier molecular flexibility index (Phi) is 6.01. The molecule has 2 aliphatic rings. The molecule has 2 aliphatic heterocycles. The van der Waals surface area contributed by atoms with Crippen LogP contribution in [0.2, 0.25) is 0 Å². The van der Waals surface area contributed by atoms with E-state index in [1.54, 1.807) is 37.4 Å². The van der Waals surface area contributed by atoms with Crippen molar-refractivity contribution in [3.8, 4) is 0 Å². The van der Waals surface area contributed by atoms with Crippen molar-refractivity contribution >= 4 is 59.0 Å². The molecule has 0 fully saturated rings. The van der Waals surface area contributed by atoms with Crippen molar-refractivity contribution in [2.24, 2.45) is 0 Å². The fraction of sp³-hybridized carbons (Fsp3) is 0.333. The number of thioether (sulfide) groups is 4.